The summed E-state index contributed by atoms with van der Waals surface area (Å²) in [5.41, 5.74) is 10.2. The van der Waals surface area contributed by atoms with Crippen molar-refractivity contribution in [1.29, 1.82) is 0 Å². The molecular formula is C20H26Cl2N4O2. The summed E-state index contributed by atoms with van der Waals surface area (Å²) in [4.78, 5) is 25.1. The summed E-state index contributed by atoms with van der Waals surface area (Å²) in [6.07, 6.45) is 1.10. The Morgan fingerprint density at radius 3 is 2.32 bits per heavy atom. The van der Waals surface area contributed by atoms with E-state index in [1.54, 1.807) is 0 Å². The van der Waals surface area contributed by atoms with Gasteiger partial charge in [0.25, 0.3) is 0 Å². The van der Waals surface area contributed by atoms with E-state index >= 15 is 0 Å². The Morgan fingerprint density at radius 2 is 1.61 bits per heavy atom. The van der Waals surface area contributed by atoms with Gasteiger partial charge in [-0.25, -0.2) is 0 Å². The minimum Gasteiger partial charge on any atom is -0.367 e. The Hall–Kier alpha value is -2.28. The standard InChI is InChI=1S/C20H24N4O2.2ClH/c21-11-19(25)23-13-20(26)22-12-15-5-7-16(8-6-15)14-24-10-9-17-3-1-2-4-18(17)24;;/h1-8H,9-14,21H2,(H,22,26)(H,23,25);2*1H. The summed E-state index contributed by atoms with van der Waals surface area (Å²) in [5, 5.41) is 5.22. The van der Waals surface area contributed by atoms with Gasteiger partial charge in [0.2, 0.25) is 11.8 Å². The van der Waals surface area contributed by atoms with Crippen molar-refractivity contribution >= 4 is 42.3 Å². The zero-order valence-corrected chi connectivity index (χ0v) is 17.2. The van der Waals surface area contributed by atoms with Crippen LogP contribution in [-0.4, -0.2) is 31.4 Å². The molecule has 0 saturated heterocycles. The van der Waals surface area contributed by atoms with E-state index in [0.717, 1.165) is 25.1 Å². The maximum atomic E-state index is 11.7. The molecule has 1 aliphatic rings. The van der Waals surface area contributed by atoms with Crippen LogP contribution in [0.1, 0.15) is 16.7 Å². The number of rotatable bonds is 7. The Labute approximate surface area is 177 Å². The van der Waals surface area contributed by atoms with E-state index in [4.69, 9.17) is 5.73 Å². The molecule has 0 aromatic heterocycles. The van der Waals surface area contributed by atoms with Crippen molar-refractivity contribution in [1.82, 2.24) is 10.6 Å². The minimum absolute atomic E-state index is 0. The minimum atomic E-state index is -0.340. The lowest BCUT2D eigenvalue weighted by Crippen LogP contribution is -2.39. The van der Waals surface area contributed by atoms with Gasteiger partial charge in [-0.15, -0.1) is 24.8 Å². The van der Waals surface area contributed by atoms with E-state index in [9.17, 15) is 9.59 Å². The van der Waals surface area contributed by atoms with E-state index in [2.05, 4.69) is 51.9 Å². The molecule has 4 N–H and O–H groups in total. The summed E-state index contributed by atoms with van der Waals surface area (Å²) in [6.45, 7) is 2.20. The molecule has 0 fully saturated rings. The highest BCUT2D eigenvalue weighted by Gasteiger charge is 2.18. The maximum absolute atomic E-state index is 11.7. The molecule has 1 heterocycles. The van der Waals surface area contributed by atoms with Crippen LogP contribution >= 0.6 is 24.8 Å². The third kappa shape index (κ3) is 6.41. The van der Waals surface area contributed by atoms with Crippen molar-refractivity contribution in [2.75, 3.05) is 24.5 Å². The Balaban J connectivity index is 0.00000196. The SMILES string of the molecule is Cl.Cl.NCC(=O)NCC(=O)NCc1ccc(CN2CCc3ccccc32)cc1. The molecule has 0 radical (unpaired) electrons. The predicted octanol–water partition coefficient (Wildman–Crippen LogP) is 1.78. The van der Waals surface area contributed by atoms with Gasteiger partial charge in [0.05, 0.1) is 13.1 Å². The molecule has 1 aliphatic heterocycles. The first kappa shape index (κ1) is 23.8. The number of nitrogens with two attached hydrogens (primary N) is 1. The fourth-order valence-corrected chi connectivity index (χ4v) is 3.07. The molecule has 2 aromatic rings. The molecule has 6 nitrogen and oxygen atoms in total. The smallest absolute Gasteiger partial charge is 0.239 e. The second kappa shape index (κ2) is 11.5. The molecule has 0 bridgehead atoms. The van der Waals surface area contributed by atoms with Crippen molar-refractivity contribution < 1.29 is 9.59 Å². The number of anilines is 1. The van der Waals surface area contributed by atoms with Gasteiger partial charge in [0, 0.05) is 25.3 Å². The van der Waals surface area contributed by atoms with Crippen LogP contribution in [0, 0.1) is 0 Å². The fraction of sp³-hybridized carbons (Fsp3) is 0.300. The molecule has 152 valence electrons. The highest BCUT2D eigenvalue weighted by molar-refractivity contribution is 5.86. The number of para-hydroxylation sites is 1. The lowest BCUT2D eigenvalue weighted by atomic mass is 10.1. The normalized spacial score (nSPS) is 11.7. The molecule has 3 rings (SSSR count). The molecule has 2 amide bonds. The number of halogens is 2. The lowest BCUT2D eigenvalue weighted by molar-refractivity contribution is -0.125. The maximum Gasteiger partial charge on any atom is 0.239 e. The summed E-state index contributed by atoms with van der Waals surface area (Å²) in [6, 6.07) is 16.8. The molecule has 0 aliphatic carbocycles. The number of carbonyl (C=O) groups excluding carboxylic acids is 2. The van der Waals surface area contributed by atoms with Crippen LogP contribution in [0.25, 0.3) is 0 Å². The van der Waals surface area contributed by atoms with Crippen molar-refractivity contribution in [3.8, 4) is 0 Å². The van der Waals surface area contributed by atoms with Gasteiger partial charge in [-0.1, -0.05) is 42.5 Å². The van der Waals surface area contributed by atoms with Gasteiger partial charge in [-0.05, 0) is 29.2 Å². The van der Waals surface area contributed by atoms with Crippen LogP contribution in [-0.2, 0) is 29.1 Å². The molecule has 2 aromatic carbocycles. The topological polar surface area (TPSA) is 87.5 Å². The van der Waals surface area contributed by atoms with Gasteiger partial charge < -0.3 is 21.3 Å². The number of hydrogen-bond acceptors (Lipinski definition) is 4. The number of amides is 2. The van der Waals surface area contributed by atoms with Crippen molar-refractivity contribution in [3.63, 3.8) is 0 Å². The summed E-state index contributed by atoms with van der Waals surface area (Å²) in [5.74, 6) is -0.572. The Kier molecular flexibility index (Phi) is 9.79. The predicted molar refractivity (Wildman–Crippen MR) is 116 cm³/mol. The zero-order valence-electron chi connectivity index (χ0n) is 15.5. The number of carbonyl (C=O) groups is 2. The molecule has 8 heteroatoms. The van der Waals surface area contributed by atoms with Crippen LogP contribution in [0.15, 0.2) is 48.5 Å². The number of fused-ring (bicyclic) bond motifs is 1. The highest BCUT2D eigenvalue weighted by Crippen LogP contribution is 2.28. The molecule has 0 unspecified atom stereocenters. The lowest BCUT2D eigenvalue weighted by Gasteiger charge is -2.19. The van der Waals surface area contributed by atoms with Crippen molar-refractivity contribution in [2.45, 2.75) is 19.5 Å². The van der Waals surface area contributed by atoms with Crippen LogP contribution in [0.2, 0.25) is 0 Å². The van der Waals surface area contributed by atoms with E-state index in [-0.39, 0.29) is 49.7 Å². The largest absolute Gasteiger partial charge is 0.367 e. The first-order valence-electron chi connectivity index (χ1n) is 8.80. The van der Waals surface area contributed by atoms with Crippen LogP contribution < -0.4 is 21.3 Å². The average Bonchev–Trinajstić information content (AvgIpc) is 3.08. The molecule has 0 saturated carbocycles. The van der Waals surface area contributed by atoms with Gasteiger partial charge in [-0.3, -0.25) is 9.59 Å². The van der Waals surface area contributed by atoms with E-state index in [1.807, 2.05) is 12.1 Å². The zero-order chi connectivity index (χ0) is 18.4. The Bertz CT molecular complexity index is 784. The third-order valence-electron chi connectivity index (χ3n) is 4.50. The van der Waals surface area contributed by atoms with Crippen LogP contribution in [0.5, 0.6) is 0 Å². The number of nitrogens with zero attached hydrogens (tertiary/aromatic N) is 1. The second-order valence-electron chi connectivity index (χ2n) is 6.37. The highest BCUT2D eigenvalue weighted by atomic mass is 35.5. The van der Waals surface area contributed by atoms with Crippen LogP contribution in [0.4, 0.5) is 5.69 Å². The van der Waals surface area contributed by atoms with E-state index < -0.39 is 0 Å². The average molecular weight is 425 g/mol. The van der Waals surface area contributed by atoms with Crippen molar-refractivity contribution in [2.24, 2.45) is 5.73 Å². The van der Waals surface area contributed by atoms with Gasteiger partial charge in [0.1, 0.15) is 0 Å². The Morgan fingerprint density at radius 1 is 0.929 bits per heavy atom. The number of benzene rings is 2. The first-order chi connectivity index (χ1) is 12.7. The van der Waals surface area contributed by atoms with Crippen LogP contribution in [0.3, 0.4) is 0 Å². The summed E-state index contributed by atoms with van der Waals surface area (Å²) >= 11 is 0. The van der Waals surface area contributed by atoms with Gasteiger partial charge in [0.15, 0.2) is 0 Å². The molecule has 0 spiro atoms. The molecule has 0 atom stereocenters. The van der Waals surface area contributed by atoms with Gasteiger partial charge in [-0.2, -0.15) is 0 Å². The summed E-state index contributed by atoms with van der Waals surface area (Å²) in [7, 11) is 0. The number of hydrogen-bond donors (Lipinski definition) is 3. The van der Waals surface area contributed by atoms with E-state index in [0.29, 0.717) is 6.54 Å². The quantitative estimate of drug-likeness (QED) is 0.631. The third-order valence-corrected chi connectivity index (χ3v) is 4.50. The molecule has 28 heavy (non-hydrogen) atoms. The summed E-state index contributed by atoms with van der Waals surface area (Å²) < 4.78 is 0. The van der Waals surface area contributed by atoms with Gasteiger partial charge >= 0.3 is 0 Å². The second-order valence-corrected chi connectivity index (χ2v) is 6.37. The number of nitrogens with one attached hydrogen (secondary N) is 2. The monoisotopic (exact) mass is 424 g/mol. The molecular weight excluding hydrogens is 399 g/mol. The van der Waals surface area contributed by atoms with E-state index in [1.165, 1.54) is 16.8 Å². The van der Waals surface area contributed by atoms with Crippen molar-refractivity contribution in [3.05, 3.63) is 65.2 Å². The fourth-order valence-electron chi connectivity index (χ4n) is 3.07. The first-order valence-corrected chi connectivity index (χ1v) is 8.80.